The van der Waals surface area contributed by atoms with Crippen molar-refractivity contribution in [3.05, 3.63) is 29.8 Å². The van der Waals surface area contributed by atoms with Crippen molar-refractivity contribution in [2.45, 2.75) is 32.7 Å². The van der Waals surface area contributed by atoms with Gasteiger partial charge in [0.15, 0.2) is 5.96 Å². The van der Waals surface area contributed by atoms with Crippen molar-refractivity contribution in [2.75, 3.05) is 33.3 Å². The second-order valence-corrected chi connectivity index (χ2v) is 5.98. The first-order valence-electron chi connectivity index (χ1n) is 8.56. The van der Waals surface area contributed by atoms with Crippen LogP contribution in [0, 0.1) is 6.92 Å². The molecular weight excluding hydrogens is 304 g/mol. The predicted octanol–water partition coefficient (Wildman–Crippen LogP) is 1.55. The van der Waals surface area contributed by atoms with Gasteiger partial charge in [-0.15, -0.1) is 0 Å². The first-order valence-corrected chi connectivity index (χ1v) is 8.56. The van der Waals surface area contributed by atoms with Crippen LogP contribution in [0.15, 0.2) is 29.3 Å². The van der Waals surface area contributed by atoms with Crippen LogP contribution in [0.1, 0.15) is 25.3 Å². The van der Waals surface area contributed by atoms with E-state index < -0.39 is 0 Å². The van der Waals surface area contributed by atoms with Crippen molar-refractivity contribution in [2.24, 2.45) is 4.99 Å². The topological polar surface area (TPSA) is 66.0 Å². The van der Waals surface area contributed by atoms with Crippen molar-refractivity contribution in [1.29, 1.82) is 0 Å². The SMILES string of the molecule is CCC(=O)N1CCC(NC(=NC)NCCOc2ccc(C)cc2)C1. The Morgan fingerprint density at radius 3 is 2.79 bits per heavy atom. The van der Waals surface area contributed by atoms with Crippen LogP contribution in [0.3, 0.4) is 0 Å². The van der Waals surface area contributed by atoms with Gasteiger partial charge in [-0.05, 0) is 25.5 Å². The molecule has 1 aliphatic rings. The Hall–Kier alpha value is -2.24. The highest BCUT2D eigenvalue weighted by atomic mass is 16.5. The van der Waals surface area contributed by atoms with Crippen LogP contribution in [-0.2, 0) is 4.79 Å². The molecule has 132 valence electrons. The molecule has 1 heterocycles. The maximum Gasteiger partial charge on any atom is 0.222 e. The summed E-state index contributed by atoms with van der Waals surface area (Å²) < 4.78 is 5.69. The van der Waals surface area contributed by atoms with Crippen molar-refractivity contribution < 1.29 is 9.53 Å². The summed E-state index contributed by atoms with van der Waals surface area (Å²) in [6, 6.07) is 8.27. The minimum absolute atomic E-state index is 0.216. The summed E-state index contributed by atoms with van der Waals surface area (Å²) in [5, 5.41) is 6.62. The van der Waals surface area contributed by atoms with Crippen LogP contribution in [0.4, 0.5) is 0 Å². The van der Waals surface area contributed by atoms with Crippen molar-refractivity contribution >= 4 is 11.9 Å². The Labute approximate surface area is 144 Å². The number of aliphatic imine (C=N–C) groups is 1. The van der Waals surface area contributed by atoms with Gasteiger partial charge < -0.3 is 20.3 Å². The average Bonchev–Trinajstić information content (AvgIpc) is 3.07. The summed E-state index contributed by atoms with van der Waals surface area (Å²) in [7, 11) is 1.75. The lowest BCUT2D eigenvalue weighted by atomic mass is 10.2. The van der Waals surface area contributed by atoms with Crippen LogP contribution in [0.5, 0.6) is 5.75 Å². The normalized spacial score (nSPS) is 17.7. The van der Waals surface area contributed by atoms with Gasteiger partial charge in [-0.1, -0.05) is 24.6 Å². The second kappa shape index (κ2) is 9.15. The average molecular weight is 332 g/mol. The molecule has 1 aromatic carbocycles. The molecule has 0 aliphatic carbocycles. The van der Waals surface area contributed by atoms with E-state index >= 15 is 0 Å². The van der Waals surface area contributed by atoms with Gasteiger partial charge >= 0.3 is 0 Å². The smallest absolute Gasteiger partial charge is 0.222 e. The van der Waals surface area contributed by atoms with E-state index in [9.17, 15) is 4.79 Å². The van der Waals surface area contributed by atoms with Crippen LogP contribution in [0.2, 0.25) is 0 Å². The third-order valence-electron chi connectivity index (χ3n) is 4.09. The minimum atomic E-state index is 0.216. The lowest BCUT2D eigenvalue weighted by molar-refractivity contribution is -0.129. The molecular formula is C18H28N4O2. The van der Waals surface area contributed by atoms with E-state index in [0.29, 0.717) is 19.6 Å². The van der Waals surface area contributed by atoms with Gasteiger partial charge in [0.2, 0.25) is 5.91 Å². The van der Waals surface area contributed by atoms with Gasteiger partial charge in [-0.3, -0.25) is 9.79 Å². The van der Waals surface area contributed by atoms with Crippen LogP contribution in [0.25, 0.3) is 0 Å². The molecule has 1 saturated heterocycles. The number of ether oxygens (including phenoxy) is 1. The molecule has 6 nitrogen and oxygen atoms in total. The number of likely N-dealkylation sites (tertiary alicyclic amines) is 1. The zero-order chi connectivity index (χ0) is 17.4. The molecule has 1 amide bonds. The van der Waals surface area contributed by atoms with E-state index in [-0.39, 0.29) is 11.9 Å². The number of hydrogen-bond acceptors (Lipinski definition) is 3. The number of hydrogen-bond donors (Lipinski definition) is 2. The maximum absolute atomic E-state index is 11.7. The summed E-state index contributed by atoms with van der Waals surface area (Å²) in [5.74, 6) is 1.84. The van der Waals surface area contributed by atoms with E-state index in [1.165, 1.54) is 5.56 Å². The van der Waals surface area contributed by atoms with Gasteiger partial charge in [0.1, 0.15) is 12.4 Å². The van der Waals surface area contributed by atoms with Crippen LogP contribution < -0.4 is 15.4 Å². The molecule has 1 unspecified atom stereocenters. The first-order chi connectivity index (χ1) is 11.6. The van der Waals surface area contributed by atoms with Gasteiger partial charge in [-0.25, -0.2) is 0 Å². The number of benzene rings is 1. The summed E-state index contributed by atoms with van der Waals surface area (Å²) in [6.07, 6.45) is 1.52. The molecule has 2 N–H and O–H groups in total. The van der Waals surface area contributed by atoms with Crippen molar-refractivity contribution in [1.82, 2.24) is 15.5 Å². The Balaban J connectivity index is 1.67. The number of carbonyl (C=O) groups is 1. The molecule has 0 spiro atoms. The summed E-state index contributed by atoms with van der Waals surface area (Å²) in [4.78, 5) is 17.9. The quantitative estimate of drug-likeness (QED) is 0.471. The van der Waals surface area contributed by atoms with E-state index in [2.05, 4.69) is 22.5 Å². The number of carbonyl (C=O) groups excluding carboxylic acids is 1. The minimum Gasteiger partial charge on any atom is -0.492 e. The fraction of sp³-hybridized carbons (Fsp3) is 0.556. The monoisotopic (exact) mass is 332 g/mol. The molecule has 1 fully saturated rings. The summed E-state index contributed by atoms with van der Waals surface area (Å²) in [5.41, 5.74) is 1.22. The van der Waals surface area contributed by atoms with E-state index in [1.54, 1.807) is 7.05 Å². The molecule has 1 aromatic rings. The fourth-order valence-electron chi connectivity index (χ4n) is 2.69. The number of nitrogens with one attached hydrogen (secondary N) is 2. The molecule has 0 saturated carbocycles. The Kier molecular flexibility index (Phi) is 6.90. The molecule has 0 aromatic heterocycles. The lowest BCUT2D eigenvalue weighted by Crippen LogP contribution is -2.46. The number of guanidine groups is 1. The Morgan fingerprint density at radius 2 is 2.12 bits per heavy atom. The highest BCUT2D eigenvalue weighted by molar-refractivity contribution is 5.80. The van der Waals surface area contributed by atoms with Gasteiger partial charge in [0, 0.05) is 32.6 Å². The fourth-order valence-corrected chi connectivity index (χ4v) is 2.69. The molecule has 24 heavy (non-hydrogen) atoms. The molecule has 1 aliphatic heterocycles. The lowest BCUT2D eigenvalue weighted by Gasteiger charge is -2.18. The van der Waals surface area contributed by atoms with E-state index in [4.69, 9.17) is 4.74 Å². The highest BCUT2D eigenvalue weighted by Gasteiger charge is 2.25. The standard InChI is InChI=1S/C18H28N4O2/c1-4-17(23)22-11-9-15(13-22)21-18(19-3)20-10-12-24-16-7-5-14(2)6-8-16/h5-8,15H,4,9-13H2,1-3H3,(H2,19,20,21). The number of rotatable bonds is 6. The van der Waals surface area contributed by atoms with Crippen molar-refractivity contribution in [3.63, 3.8) is 0 Å². The summed E-state index contributed by atoms with van der Waals surface area (Å²) in [6.45, 7) is 6.74. The van der Waals surface area contributed by atoms with Gasteiger partial charge in [0.25, 0.3) is 0 Å². The Bertz CT molecular complexity index is 557. The zero-order valence-electron chi connectivity index (χ0n) is 14.8. The Morgan fingerprint density at radius 1 is 1.38 bits per heavy atom. The molecule has 6 heteroatoms. The molecule has 2 rings (SSSR count). The molecule has 0 bridgehead atoms. The van der Waals surface area contributed by atoms with E-state index in [1.807, 2.05) is 36.1 Å². The third kappa shape index (κ3) is 5.44. The van der Waals surface area contributed by atoms with Gasteiger partial charge in [0.05, 0.1) is 6.54 Å². The van der Waals surface area contributed by atoms with Gasteiger partial charge in [-0.2, -0.15) is 0 Å². The number of amides is 1. The largest absolute Gasteiger partial charge is 0.492 e. The van der Waals surface area contributed by atoms with Crippen LogP contribution in [-0.4, -0.2) is 56.1 Å². The third-order valence-corrected chi connectivity index (χ3v) is 4.09. The first kappa shape index (κ1) is 18.1. The van der Waals surface area contributed by atoms with E-state index in [0.717, 1.165) is 31.2 Å². The number of nitrogens with zero attached hydrogens (tertiary/aromatic N) is 2. The second-order valence-electron chi connectivity index (χ2n) is 5.98. The predicted molar refractivity (Wildman–Crippen MR) is 96.4 cm³/mol. The summed E-state index contributed by atoms with van der Waals surface area (Å²) >= 11 is 0. The van der Waals surface area contributed by atoms with Crippen molar-refractivity contribution in [3.8, 4) is 5.75 Å². The maximum atomic E-state index is 11.7. The molecule has 1 atom stereocenters. The van der Waals surface area contributed by atoms with Crippen LogP contribution >= 0.6 is 0 Å². The highest BCUT2D eigenvalue weighted by Crippen LogP contribution is 2.11. The molecule has 0 radical (unpaired) electrons. The zero-order valence-corrected chi connectivity index (χ0v) is 14.8. The number of aryl methyl sites for hydroxylation is 1.